The lowest BCUT2D eigenvalue weighted by Crippen LogP contribution is -2.14. The number of anilines is 2. The van der Waals surface area contributed by atoms with Gasteiger partial charge in [0.05, 0.1) is 7.11 Å². The number of hydrogen-bond acceptors (Lipinski definition) is 3. The second kappa shape index (κ2) is 5.71. The van der Waals surface area contributed by atoms with Crippen molar-refractivity contribution in [3.05, 3.63) is 53.8 Å². The molecule has 0 aliphatic heterocycles. The predicted molar refractivity (Wildman–Crippen MR) is 75.3 cm³/mol. The van der Waals surface area contributed by atoms with Crippen LogP contribution in [0.15, 0.2) is 42.5 Å². The number of nitrogens with two attached hydrogens (primary N) is 1. The summed E-state index contributed by atoms with van der Waals surface area (Å²) >= 11 is 0. The first-order valence-electron chi connectivity index (χ1n) is 6.02. The van der Waals surface area contributed by atoms with Gasteiger partial charge in [-0.25, -0.2) is 4.39 Å². The monoisotopic (exact) mass is 260 g/mol. The number of ether oxygens (including phenoxy) is 1. The highest BCUT2D eigenvalue weighted by Crippen LogP contribution is 2.29. The Balaban J connectivity index is 2.37. The van der Waals surface area contributed by atoms with E-state index in [1.807, 2.05) is 42.3 Å². The number of nitrogens with zero attached hydrogens (tertiary/aromatic N) is 1. The van der Waals surface area contributed by atoms with Crippen molar-refractivity contribution in [1.82, 2.24) is 0 Å². The minimum Gasteiger partial charge on any atom is -0.497 e. The maximum atomic E-state index is 13.7. The quantitative estimate of drug-likeness (QED) is 0.918. The number of hydrogen-bond donors (Lipinski definition) is 1. The zero-order valence-corrected chi connectivity index (χ0v) is 11.1. The molecular weight excluding hydrogens is 243 g/mol. The molecule has 2 rings (SSSR count). The van der Waals surface area contributed by atoms with Crippen LogP contribution in [-0.4, -0.2) is 14.2 Å². The van der Waals surface area contributed by atoms with Crippen LogP contribution in [0.1, 0.15) is 5.56 Å². The SMILES string of the molecule is COc1ccc(N(C)c2cccc(F)c2CN)cc1. The van der Waals surface area contributed by atoms with Crippen molar-refractivity contribution in [2.45, 2.75) is 6.54 Å². The molecule has 0 saturated heterocycles. The summed E-state index contributed by atoms with van der Waals surface area (Å²) in [6, 6.07) is 12.5. The average molecular weight is 260 g/mol. The molecule has 0 amide bonds. The second-order valence-electron chi connectivity index (χ2n) is 4.20. The van der Waals surface area contributed by atoms with Crippen molar-refractivity contribution < 1.29 is 9.13 Å². The maximum Gasteiger partial charge on any atom is 0.129 e. The third-order valence-corrected chi connectivity index (χ3v) is 3.12. The highest BCUT2D eigenvalue weighted by atomic mass is 19.1. The molecule has 2 aromatic rings. The Bertz CT molecular complexity index is 555. The number of benzene rings is 2. The number of rotatable bonds is 4. The van der Waals surface area contributed by atoms with E-state index in [2.05, 4.69) is 0 Å². The fourth-order valence-corrected chi connectivity index (χ4v) is 2.01. The molecule has 3 nitrogen and oxygen atoms in total. The Labute approximate surface area is 112 Å². The third-order valence-electron chi connectivity index (χ3n) is 3.12. The van der Waals surface area contributed by atoms with Gasteiger partial charge in [-0.1, -0.05) is 6.07 Å². The zero-order valence-electron chi connectivity index (χ0n) is 11.1. The molecule has 0 radical (unpaired) electrons. The van der Waals surface area contributed by atoms with Gasteiger partial charge in [0, 0.05) is 30.5 Å². The molecule has 2 aromatic carbocycles. The van der Waals surface area contributed by atoms with Crippen LogP contribution in [0.2, 0.25) is 0 Å². The van der Waals surface area contributed by atoms with Gasteiger partial charge >= 0.3 is 0 Å². The summed E-state index contributed by atoms with van der Waals surface area (Å²) in [5, 5.41) is 0. The molecule has 19 heavy (non-hydrogen) atoms. The summed E-state index contributed by atoms with van der Waals surface area (Å²) in [7, 11) is 3.51. The van der Waals surface area contributed by atoms with Crippen LogP contribution < -0.4 is 15.4 Å². The van der Waals surface area contributed by atoms with Gasteiger partial charge in [0.25, 0.3) is 0 Å². The molecule has 0 spiro atoms. The van der Waals surface area contributed by atoms with Crippen molar-refractivity contribution in [2.75, 3.05) is 19.1 Å². The van der Waals surface area contributed by atoms with Crippen LogP contribution in [0.3, 0.4) is 0 Å². The van der Waals surface area contributed by atoms with E-state index in [1.165, 1.54) is 6.07 Å². The summed E-state index contributed by atoms with van der Waals surface area (Å²) in [5.74, 6) is 0.510. The number of methoxy groups -OCH3 is 1. The van der Waals surface area contributed by atoms with Crippen molar-refractivity contribution in [3.8, 4) is 5.75 Å². The predicted octanol–water partition coefficient (Wildman–Crippen LogP) is 3.06. The lowest BCUT2D eigenvalue weighted by Gasteiger charge is -2.22. The normalized spacial score (nSPS) is 10.3. The zero-order chi connectivity index (χ0) is 13.8. The summed E-state index contributed by atoms with van der Waals surface area (Å²) < 4.78 is 18.8. The van der Waals surface area contributed by atoms with Crippen molar-refractivity contribution in [2.24, 2.45) is 5.73 Å². The molecule has 0 unspecified atom stereocenters. The lowest BCUT2D eigenvalue weighted by molar-refractivity contribution is 0.415. The Morgan fingerprint density at radius 1 is 1.16 bits per heavy atom. The largest absolute Gasteiger partial charge is 0.497 e. The van der Waals surface area contributed by atoms with Gasteiger partial charge in [-0.3, -0.25) is 0 Å². The van der Waals surface area contributed by atoms with E-state index < -0.39 is 0 Å². The topological polar surface area (TPSA) is 38.5 Å². The van der Waals surface area contributed by atoms with Crippen LogP contribution in [0.4, 0.5) is 15.8 Å². The molecule has 0 aromatic heterocycles. The van der Waals surface area contributed by atoms with Crippen LogP contribution in [-0.2, 0) is 6.54 Å². The van der Waals surface area contributed by atoms with Crippen molar-refractivity contribution in [3.63, 3.8) is 0 Å². The van der Waals surface area contributed by atoms with E-state index in [4.69, 9.17) is 10.5 Å². The van der Waals surface area contributed by atoms with E-state index in [0.29, 0.717) is 5.56 Å². The van der Waals surface area contributed by atoms with E-state index in [9.17, 15) is 4.39 Å². The minimum absolute atomic E-state index is 0.169. The van der Waals surface area contributed by atoms with Gasteiger partial charge in [-0.05, 0) is 36.4 Å². The van der Waals surface area contributed by atoms with E-state index in [0.717, 1.165) is 17.1 Å². The fourth-order valence-electron chi connectivity index (χ4n) is 2.01. The van der Waals surface area contributed by atoms with Crippen LogP contribution in [0, 0.1) is 5.82 Å². The maximum absolute atomic E-state index is 13.7. The van der Waals surface area contributed by atoms with Crippen LogP contribution >= 0.6 is 0 Å². The molecule has 0 aliphatic rings. The fraction of sp³-hybridized carbons (Fsp3) is 0.200. The molecule has 0 aliphatic carbocycles. The first-order chi connectivity index (χ1) is 9.17. The molecule has 100 valence electrons. The third kappa shape index (κ3) is 2.69. The molecular formula is C15H17FN2O. The summed E-state index contributed by atoms with van der Waals surface area (Å²) in [6.45, 7) is 0.169. The van der Waals surface area contributed by atoms with E-state index >= 15 is 0 Å². The molecule has 0 saturated carbocycles. The van der Waals surface area contributed by atoms with Crippen LogP contribution in [0.25, 0.3) is 0 Å². The highest BCUT2D eigenvalue weighted by Gasteiger charge is 2.12. The Morgan fingerprint density at radius 2 is 1.84 bits per heavy atom. The Kier molecular flexibility index (Phi) is 4.02. The van der Waals surface area contributed by atoms with E-state index in [-0.39, 0.29) is 12.4 Å². The molecule has 0 fully saturated rings. The van der Waals surface area contributed by atoms with Crippen molar-refractivity contribution in [1.29, 1.82) is 0 Å². The highest BCUT2D eigenvalue weighted by molar-refractivity contribution is 5.66. The molecule has 0 bridgehead atoms. The minimum atomic E-state index is -0.277. The van der Waals surface area contributed by atoms with Gasteiger partial charge < -0.3 is 15.4 Å². The molecule has 0 atom stereocenters. The average Bonchev–Trinajstić information content (AvgIpc) is 2.46. The van der Waals surface area contributed by atoms with E-state index in [1.54, 1.807) is 13.2 Å². The van der Waals surface area contributed by atoms with Gasteiger partial charge in [0.15, 0.2) is 0 Å². The van der Waals surface area contributed by atoms with Crippen LogP contribution in [0.5, 0.6) is 5.75 Å². The lowest BCUT2D eigenvalue weighted by atomic mass is 10.1. The smallest absolute Gasteiger partial charge is 0.129 e. The van der Waals surface area contributed by atoms with Gasteiger partial charge in [-0.15, -0.1) is 0 Å². The summed E-state index contributed by atoms with van der Waals surface area (Å²) in [5.41, 5.74) is 7.86. The first kappa shape index (κ1) is 13.4. The summed E-state index contributed by atoms with van der Waals surface area (Å²) in [4.78, 5) is 1.91. The summed E-state index contributed by atoms with van der Waals surface area (Å²) in [6.07, 6.45) is 0. The standard InChI is InChI=1S/C15H17FN2O/c1-18(11-6-8-12(19-2)9-7-11)15-5-3-4-14(16)13(15)10-17/h3-9H,10,17H2,1-2H3. The number of halogens is 1. The van der Waals surface area contributed by atoms with Crippen molar-refractivity contribution >= 4 is 11.4 Å². The second-order valence-corrected chi connectivity index (χ2v) is 4.20. The Hall–Kier alpha value is -2.07. The molecule has 4 heteroatoms. The Morgan fingerprint density at radius 3 is 2.42 bits per heavy atom. The first-order valence-corrected chi connectivity index (χ1v) is 6.02. The molecule has 0 heterocycles. The van der Waals surface area contributed by atoms with Gasteiger partial charge in [-0.2, -0.15) is 0 Å². The molecule has 2 N–H and O–H groups in total. The van der Waals surface area contributed by atoms with Gasteiger partial charge in [0.2, 0.25) is 0 Å². The van der Waals surface area contributed by atoms with Gasteiger partial charge in [0.1, 0.15) is 11.6 Å².